The van der Waals surface area contributed by atoms with Crippen molar-refractivity contribution in [2.75, 3.05) is 0 Å². The number of aromatic nitrogens is 2. The molecule has 0 fully saturated rings. The normalized spacial score (nSPS) is 13.1. The van der Waals surface area contributed by atoms with E-state index in [0.717, 1.165) is 94.7 Å². The standard InChI is InChI=1S/C58H41N5/c59-57-37-53(50-29-46(40-15-5-1-6-16-40)27-47(30-50)41-17-7-2-8-18-41)36-56(54-32-48(42-19-9-3-10-20-42)28-49(33-54)43-21-11-4-12-22-43)58(57)63-62-55-34-51(44-23-13-25-60-38-44)31-52(35-55)45-24-14-26-61-39-45/h1-39,59,62H/p+1/b59-57?,63-58-. The van der Waals surface area contributed by atoms with E-state index in [0.29, 0.717) is 11.4 Å². The van der Waals surface area contributed by atoms with Gasteiger partial charge in [0.05, 0.1) is 5.71 Å². The number of pyridine rings is 2. The van der Waals surface area contributed by atoms with Gasteiger partial charge < -0.3 is 0 Å². The van der Waals surface area contributed by atoms with Crippen molar-refractivity contribution in [3.8, 4) is 66.8 Å². The van der Waals surface area contributed by atoms with Crippen LogP contribution in [0.5, 0.6) is 0 Å². The molecule has 1 aliphatic rings. The van der Waals surface area contributed by atoms with Gasteiger partial charge in [-0.25, -0.2) is 0 Å². The number of benzene rings is 7. The summed E-state index contributed by atoms with van der Waals surface area (Å²) >= 11 is 0. The summed E-state index contributed by atoms with van der Waals surface area (Å²) in [7, 11) is 0. The van der Waals surface area contributed by atoms with Gasteiger partial charge in [-0.2, -0.15) is 5.43 Å². The molecule has 2 aromatic heterocycles. The van der Waals surface area contributed by atoms with Crippen LogP contribution < -0.4 is 5.43 Å². The summed E-state index contributed by atoms with van der Waals surface area (Å²) in [6, 6.07) is 69.9. The van der Waals surface area contributed by atoms with Crippen LogP contribution in [0.1, 0.15) is 11.1 Å². The van der Waals surface area contributed by atoms with Gasteiger partial charge >= 0.3 is 0 Å². The molecule has 1 aliphatic carbocycles. The van der Waals surface area contributed by atoms with Gasteiger partial charge in [0.15, 0.2) is 11.4 Å². The Morgan fingerprint density at radius 3 is 1.11 bits per heavy atom. The number of nitrogens with one attached hydrogen (secondary N) is 1. The van der Waals surface area contributed by atoms with Gasteiger partial charge in [0, 0.05) is 53.6 Å². The molecule has 298 valence electrons. The molecule has 9 aromatic rings. The first-order valence-electron chi connectivity index (χ1n) is 21.0. The molecule has 0 unspecified atom stereocenters. The van der Waals surface area contributed by atoms with Crippen LogP contribution in [0.3, 0.4) is 0 Å². The maximum Gasteiger partial charge on any atom is 0.157 e. The van der Waals surface area contributed by atoms with Crippen molar-refractivity contribution in [2.24, 2.45) is 5.10 Å². The Kier molecular flexibility index (Phi) is 10.9. The van der Waals surface area contributed by atoms with Crippen molar-refractivity contribution in [3.63, 3.8) is 0 Å². The summed E-state index contributed by atoms with van der Waals surface area (Å²) in [5.41, 5.74) is 20.4. The molecule has 0 radical (unpaired) electrons. The molecule has 0 amide bonds. The highest BCUT2D eigenvalue weighted by Crippen LogP contribution is 2.38. The first kappa shape index (κ1) is 38.8. The Morgan fingerprint density at radius 2 is 0.714 bits per heavy atom. The smallest absolute Gasteiger partial charge is 0.157 e. The topological polar surface area (TPSA) is 78.6 Å². The lowest BCUT2D eigenvalue weighted by molar-refractivity contribution is -0.577. The molecule has 5 nitrogen and oxygen atoms in total. The zero-order valence-corrected chi connectivity index (χ0v) is 34.4. The summed E-state index contributed by atoms with van der Waals surface area (Å²) in [5, 5.41) is 15.1. The monoisotopic (exact) mass is 808 g/mol. The SMILES string of the molecule is N=C1C=C(c2cc(-c3ccccc3)cc(-c3ccccc3)c2)C=C(c2cc(-c3ccccc3)cc(-c3ccccc3)c2)/C1=N/[NH2+]c1cc(-c2cccnc2)cc(-c2cccnc2)c1. The third kappa shape index (κ3) is 8.64. The van der Waals surface area contributed by atoms with E-state index < -0.39 is 0 Å². The third-order valence-corrected chi connectivity index (χ3v) is 11.3. The second-order valence-electron chi connectivity index (χ2n) is 15.6. The van der Waals surface area contributed by atoms with Gasteiger partial charge in [-0.05, 0) is 139 Å². The molecule has 2 heterocycles. The predicted octanol–water partition coefficient (Wildman–Crippen LogP) is 13.2. The molecule has 7 aromatic carbocycles. The molecule has 0 atom stereocenters. The van der Waals surface area contributed by atoms with Crippen LogP contribution in [0.2, 0.25) is 0 Å². The largest absolute Gasteiger partial charge is 0.298 e. The maximum atomic E-state index is 9.81. The van der Waals surface area contributed by atoms with Gasteiger partial charge in [-0.15, -0.1) is 0 Å². The van der Waals surface area contributed by atoms with Crippen LogP contribution in [0.25, 0.3) is 77.9 Å². The number of nitrogens with zero attached hydrogens (tertiary/aromatic N) is 3. The van der Waals surface area contributed by atoms with E-state index in [1.807, 2.05) is 60.3 Å². The van der Waals surface area contributed by atoms with Gasteiger partial charge in [0.1, 0.15) is 0 Å². The molecular formula is C58H42N5+. The number of allylic oxidation sites excluding steroid dienone is 4. The van der Waals surface area contributed by atoms with Crippen LogP contribution in [-0.2, 0) is 0 Å². The zero-order valence-electron chi connectivity index (χ0n) is 34.4. The first-order valence-corrected chi connectivity index (χ1v) is 21.0. The lowest BCUT2D eigenvalue weighted by Crippen LogP contribution is -2.72. The Morgan fingerprint density at radius 1 is 0.349 bits per heavy atom. The zero-order chi connectivity index (χ0) is 42.4. The highest BCUT2D eigenvalue weighted by molar-refractivity contribution is 6.62. The van der Waals surface area contributed by atoms with Gasteiger partial charge in [0.25, 0.3) is 0 Å². The Hall–Kier alpha value is -8.38. The number of rotatable bonds is 10. The molecule has 0 aliphatic heterocycles. The summed E-state index contributed by atoms with van der Waals surface area (Å²) in [4.78, 5) is 8.82. The van der Waals surface area contributed by atoms with E-state index >= 15 is 0 Å². The fourth-order valence-electron chi connectivity index (χ4n) is 8.19. The van der Waals surface area contributed by atoms with Crippen LogP contribution in [0.15, 0.2) is 242 Å². The minimum Gasteiger partial charge on any atom is -0.298 e. The molecule has 0 bridgehead atoms. The summed E-state index contributed by atoms with van der Waals surface area (Å²) in [6.45, 7) is 0. The van der Waals surface area contributed by atoms with Crippen LogP contribution in [0.4, 0.5) is 5.69 Å². The number of nitrogens with two attached hydrogens (primary N) is 1. The Labute approximate surface area is 367 Å². The highest BCUT2D eigenvalue weighted by atomic mass is 15.3. The number of hydrogen-bond acceptors (Lipinski definition) is 4. The fourth-order valence-corrected chi connectivity index (χ4v) is 8.19. The molecular weight excluding hydrogens is 767 g/mol. The minimum absolute atomic E-state index is 0.326. The van der Waals surface area contributed by atoms with E-state index in [9.17, 15) is 5.41 Å². The van der Waals surface area contributed by atoms with Crippen LogP contribution in [-0.4, -0.2) is 21.4 Å². The molecule has 63 heavy (non-hydrogen) atoms. The minimum atomic E-state index is 0.326. The number of hydrogen-bond donors (Lipinski definition) is 2. The second kappa shape index (κ2) is 17.7. The highest BCUT2D eigenvalue weighted by Gasteiger charge is 2.24. The second-order valence-corrected chi connectivity index (χ2v) is 15.6. The van der Waals surface area contributed by atoms with E-state index in [-0.39, 0.29) is 0 Å². The quantitative estimate of drug-likeness (QED) is 0.0625. The average Bonchev–Trinajstić information content (AvgIpc) is 3.37. The molecule has 5 heteroatoms. The molecule has 10 rings (SSSR count). The number of quaternary nitrogens is 1. The van der Waals surface area contributed by atoms with Crippen molar-refractivity contribution < 1.29 is 5.43 Å². The average molecular weight is 809 g/mol. The van der Waals surface area contributed by atoms with Crippen LogP contribution >= 0.6 is 0 Å². The fraction of sp³-hybridized carbons (Fsp3) is 0. The van der Waals surface area contributed by atoms with E-state index in [1.54, 1.807) is 12.4 Å². The lowest BCUT2D eigenvalue weighted by atomic mass is 9.84. The summed E-state index contributed by atoms with van der Waals surface area (Å²) in [6.07, 6.45) is 11.5. The van der Waals surface area contributed by atoms with Crippen molar-refractivity contribution in [1.29, 1.82) is 5.41 Å². The van der Waals surface area contributed by atoms with Crippen molar-refractivity contribution in [3.05, 3.63) is 248 Å². The van der Waals surface area contributed by atoms with Gasteiger partial charge in [-0.1, -0.05) is 139 Å². The maximum absolute atomic E-state index is 9.81. The van der Waals surface area contributed by atoms with E-state index in [4.69, 9.17) is 5.10 Å². The molecule has 0 saturated heterocycles. The van der Waals surface area contributed by atoms with Gasteiger partial charge in [-0.3, -0.25) is 15.4 Å². The molecule has 0 spiro atoms. The van der Waals surface area contributed by atoms with E-state index in [1.165, 1.54) is 0 Å². The van der Waals surface area contributed by atoms with Crippen molar-refractivity contribution >= 4 is 28.3 Å². The Balaban J connectivity index is 1.15. The first-order chi connectivity index (χ1) is 31.1. The third-order valence-electron chi connectivity index (χ3n) is 11.3. The van der Waals surface area contributed by atoms with Gasteiger partial charge in [0.2, 0.25) is 0 Å². The summed E-state index contributed by atoms with van der Waals surface area (Å²) < 4.78 is 0. The predicted molar refractivity (Wildman–Crippen MR) is 260 cm³/mol. The molecule has 0 saturated carbocycles. The lowest BCUT2D eigenvalue weighted by Gasteiger charge is -2.20. The van der Waals surface area contributed by atoms with Crippen LogP contribution in [0, 0.1) is 5.41 Å². The van der Waals surface area contributed by atoms with Crippen molar-refractivity contribution in [2.45, 2.75) is 0 Å². The summed E-state index contributed by atoms with van der Waals surface area (Å²) in [5.74, 6) is 0. The van der Waals surface area contributed by atoms with Crippen molar-refractivity contribution in [1.82, 2.24) is 9.97 Å². The Bertz CT molecular complexity index is 2990. The van der Waals surface area contributed by atoms with E-state index in [2.05, 4.69) is 180 Å². The molecule has 3 N–H and O–H groups in total.